The molecule has 0 bridgehead atoms. The Morgan fingerprint density at radius 1 is 1.64 bits per heavy atom. The van der Waals surface area contributed by atoms with Crippen LogP contribution >= 0.6 is 11.8 Å². The number of thioether (sulfide) groups is 1. The zero-order chi connectivity index (χ0) is 9.80. The van der Waals surface area contributed by atoms with Gasteiger partial charge in [-0.15, -0.1) is 0 Å². The van der Waals surface area contributed by atoms with Crippen LogP contribution in [0.2, 0.25) is 0 Å². The Balaban J connectivity index is 1.94. The third-order valence-corrected chi connectivity index (χ3v) is 3.59. The van der Waals surface area contributed by atoms with Gasteiger partial charge >= 0.3 is 0 Å². The Kier molecular flexibility index (Phi) is 3.54. The molecule has 0 aromatic carbocycles. The molecule has 1 unspecified atom stereocenters. The average Bonchev–Trinajstić information content (AvgIpc) is 2.67. The predicted octanol–water partition coefficient (Wildman–Crippen LogP) is 2.61. The fourth-order valence-corrected chi connectivity index (χ4v) is 2.63. The lowest BCUT2D eigenvalue weighted by atomic mass is 10.00. The van der Waals surface area contributed by atoms with Gasteiger partial charge in [0.1, 0.15) is 5.76 Å². The van der Waals surface area contributed by atoms with Crippen LogP contribution in [-0.2, 0) is 6.42 Å². The summed E-state index contributed by atoms with van der Waals surface area (Å²) in [4.78, 5) is 0. The molecule has 0 spiro atoms. The van der Waals surface area contributed by atoms with E-state index in [9.17, 15) is 0 Å². The molecule has 2 nitrogen and oxygen atoms in total. The molecule has 1 aromatic heterocycles. The van der Waals surface area contributed by atoms with E-state index in [1.807, 2.05) is 18.0 Å². The van der Waals surface area contributed by atoms with E-state index >= 15 is 0 Å². The first-order valence-corrected chi connectivity index (χ1v) is 6.44. The minimum atomic E-state index is 0.525. The Morgan fingerprint density at radius 2 is 2.57 bits per heavy atom. The highest BCUT2D eigenvalue weighted by Crippen LogP contribution is 2.27. The van der Waals surface area contributed by atoms with Crippen molar-refractivity contribution < 1.29 is 4.42 Å². The highest BCUT2D eigenvalue weighted by molar-refractivity contribution is 7.99. The van der Waals surface area contributed by atoms with E-state index in [-0.39, 0.29) is 0 Å². The van der Waals surface area contributed by atoms with E-state index < -0.39 is 0 Å². The van der Waals surface area contributed by atoms with Gasteiger partial charge in [0, 0.05) is 24.6 Å². The van der Waals surface area contributed by atoms with E-state index in [0.717, 1.165) is 13.0 Å². The van der Waals surface area contributed by atoms with E-state index in [2.05, 4.69) is 18.3 Å². The first-order chi connectivity index (χ1) is 6.92. The van der Waals surface area contributed by atoms with Crippen molar-refractivity contribution in [2.75, 3.05) is 18.1 Å². The van der Waals surface area contributed by atoms with Gasteiger partial charge in [-0.05, 0) is 24.0 Å². The van der Waals surface area contributed by atoms with Crippen molar-refractivity contribution in [2.24, 2.45) is 0 Å². The van der Waals surface area contributed by atoms with Gasteiger partial charge < -0.3 is 9.73 Å². The van der Waals surface area contributed by atoms with Gasteiger partial charge in [0.25, 0.3) is 0 Å². The second-order valence-corrected chi connectivity index (χ2v) is 4.94. The molecule has 0 saturated heterocycles. The van der Waals surface area contributed by atoms with Crippen LogP contribution in [0, 0.1) is 0 Å². The van der Waals surface area contributed by atoms with Crippen molar-refractivity contribution >= 4 is 11.8 Å². The van der Waals surface area contributed by atoms with Crippen molar-refractivity contribution in [3.63, 3.8) is 0 Å². The molecule has 1 aliphatic rings. The second kappa shape index (κ2) is 4.89. The van der Waals surface area contributed by atoms with E-state index in [4.69, 9.17) is 4.42 Å². The molecule has 0 fully saturated rings. The molecule has 1 N–H and O–H groups in total. The fraction of sp³-hybridized carbons (Fsp3) is 0.636. The SMILES string of the molecule is CCSCCC1NCCc2occc21. The predicted molar refractivity (Wildman–Crippen MR) is 60.8 cm³/mol. The van der Waals surface area contributed by atoms with Gasteiger partial charge in [-0.2, -0.15) is 11.8 Å². The largest absolute Gasteiger partial charge is 0.469 e. The second-order valence-electron chi connectivity index (χ2n) is 3.54. The third-order valence-electron chi connectivity index (χ3n) is 2.65. The van der Waals surface area contributed by atoms with Crippen LogP contribution in [0.5, 0.6) is 0 Å². The first-order valence-electron chi connectivity index (χ1n) is 5.29. The minimum Gasteiger partial charge on any atom is -0.469 e. The van der Waals surface area contributed by atoms with E-state index in [1.54, 1.807) is 0 Å². The first kappa shape index (κ1) is 10.1. The number of furan rings is 1. The van der Waals surface area contributed by atoms with Crippen molar-refractivity contribution in [3.05, 3.63) is 23.7 Å². The molecular weight excluding hydrogens is 194 g/mol. The summed E-state index contributed by atoms with van der Waals surface area (Å²) in [7, 11) is 0. The van der Waals surface area contributed by atoms with Gasteiger partial charge in [0.05, 0.1) is 6.26 Å². The average molecular weight is 211 g/mol. The summed E-state index contributed by atoms with van der Waals surface area (Å²) in [5.74, 6) is 3.64. The summed E-state index contributed by atoms with van der Waals surface area (Å²) in [5, 5.41) is 3.55. The van der Waals surface area contributed by atoms with E-state index in [0.29, 0.717) is 6.04 Å². The standard InChI is InChI=1S/C11H17NOS/c1-2-14-8-5-10-9-4-7-13-11(9)3-6-12-10/h4,7,10,12H,2-3,5-6,8H2,1H3. The highest BCUT2D eigenvalue weighted by atomic mass is 32.2. The van der Waals surface area contributed by atoms with Gasteiger partial charge in [-0.25, -0.2) is 0 Å². The number of fused-ring (bicyclic) bond motifs is 1. The zero-order valence-electron chi connectivity index (χ0n) is 8.58. The third kappa shape index (κ3) is 2.15. The van der Waals surface area contributed by atoms with E-state index in [1.165, 1.54) is 29.3 Å². The van der Waals surface area contributed by atoms with Crippen LogP contribution in [0.15, 0.2) is 16.7 Å². The molecule has 14 heavy (non-hydrogen) atoms. The lowest BCUT2D eigenvalue weighted by Crippen LogP contribution is -2.29. The Morgan fingerprint density at radius 3 is 3.43 bits per heavy atom. The Labute approximate surface area is 89.4 Å². The monoisotopic (exact) mass is 211 g/mol. The van der Waals surface area contributed by atoms with Crippen LogP contribution < -0.4 is 5.32 Å². The number of hydrogen-bond acceptors (Lipinski definition) is 3. The molecule has 0 radical (unpaired) electrons. The maximum atomic E-state index is 5.45. The molecule has 1 atom stereocenters. The Bertz CT molecular complexity index is 285. The summed E-state index contributed by atoms with van der Waals surface area (Å²) in [6.45, 7) is 3.27. The van der Waals surface area contributed by atoms with Crippen LogP contribution in [0.1, 0.15) is 30.7 Å². The maximum absolute atomic E-state index is 5.45. The normalized spacial score (nSPS) is 20.8. The van der Waals surface area contributed by atoms with Crippen LogP contribution in [-0.4, -0.2) is 18.1 Å². The van der Waals surface area contributed by atoms with Gasteiger partial charge in [-0.3, -0.25) is 0 Å². The molecule has 1 aromatic rings. The molecule has 1 aliphatic heterocycles. The van der Waals surface area contributed by atoms with Crippen molar-refractivity contribution in [1.29, 1.82) is 0 Å². The van der Waals surface area contributed by atoms with Crippen molar-refractivity contribution in [2.45, 2.75) is 25.8 Å². The van der Waals surface area contributed by atoms with Crippen molar-refractivity contribution in [1.82, 2.24) is 5.32 Å². The van der Waals surface area contributed by atoms with Gasteiger partial charge in [-0.1, -0.05) is 6.92 Å². The molecular formula is C11H17NOS. The molecule has 78 valence electrons. The molecule has 3 heteroatoms. The fourth-order valence-electron chi connectivity index (χ4n) is 1.94. The molecule has 2 heterocycles. The highest BCUT2D eigenvalue weighted by Gasteiger charge is 2.21. The maximum Gasteiger partial charge on any atom is 0.109 e. The lowest BCUT2D eigenvalue weighted by molar-refractivity contribution is 0.428. The summed E-state index contributed by atoms with van der Waals surface area (Å²) < 4.78 is 5.45. The Hall–Kier alpha value is -0.410. The van der Waals surface area contributed by atoms with Crippen LogP contribution in [0.25, 0.3) is 0 Å². The topological polar surface area (TPSA) is 25.2 Å². The van der Waals surface area contributed by atoms with Crippen LogP contribution in [0.4, 0.5) is 0 Å². The molecule has 0 amide bonds. The summed E-state index contributed by atoms with van der Waals surface area (Å²) >= 11 is 2.01. The zero-order valence-corrected chi connectivity index (χ0v) is 9.40. The summed E-state index contributed by atoms with van der Waals surface area (Å²) in [6.07, 6.45) is 4.07. The molecule has 0 saturated carbocycles. The molecule has 2 rings (SSSR count). The number of nitrogens with one attached hydrogen (secondary N) is 1. The minimum absolute atomic E-state index is 0.525. The number of rotatable bonds is 4. The van der Waals surface area contributed by atoms with Crippen molar-refractivity contribution in [3.8, 4) is 0 Å². The number of hydrogen-bond donors (Lipinski definition) is 1. The lowest BCUT2D eigenvalue weighted by Gasteiger charge is -2.22. The van der Waals surface area contributed by atoms with Gasteiger partial charge in [0.15, 0.2) is 0 Å². The summed E-state index contributed by atoms with van der Waals surface area (Å²) in [5.41, 5.74) is 1.38. The smallest absolute Gasteiger partial charge is 0.109 e. The van der Waals surface area contributed by atoms with Gasteiger partial charge in [0.2, 0.25) is 0 Å². The summed E-state index contributed by atoms with van der Waals surface area (Å²) in [6, 6.07) is 2.64. The van der Waals surface area contributed by atoms with Crippen LogP contribution in [0.3, 0.4) is 0 Å². The quantitative estimate of drug-likeness (QED) is 0.775. The molecule has 0 aliphatic carbocycles.